The van der Waals surface area contributed by atoms with Crippen molar-refractivity contribution in [1.29, 1.82) is 5.41 Å². The molecule has 4 nitrogen and oxygen atoms in total. The number of halogens is 2. The molecular weight excluding hydrogens is 770 g/mol. The lowest BCUT2D eigenvalue weighted by Crippen LogP contribution is -2.39. The van der Waals surface area contributed by atoms with Crippen LogP contribution in [0.1, 0.15) is 71.4 Å². The van der Waals surface area contributed by atoms with Crippen LogP contribution in [0.3, 0.4) is 0 Å². The number of ketones is 1. The number of hydrogen-bond acceptors (Lipinski definition) is 4. The quantitative estimate of drug-likeness (QED) is 0.133. The average Bonchev–Trinajstić information content (AvgIpc) is 3.20. The Morgan fingerprint density at radius 3 is 1.75 bits per heavy atom. The van der Waals surface area contributed by atoms with Gasteiger partial charge in [0.05, 0.1) is 22.8 Å². The Bertz CT molecular complexity index is 2130. The average molecular weight is 796 g/mol. The third kappa shape index (κ3) is 3.33. The second-order valence-electron chi connectivity index (χ2n) is 13.3. The van der Waals surface area contributed by atoms with E-state index in [9.17, 15) is 4.79 Å². The molecule has 0 atom stereocenters. The van der Waals surface area contributed by atoms with Crippen molar-refractivity contribution in [3.8, 4) is 11.5 Å². The second kappa shape index (κ2) is 8.60. The smallest absolute Gasteiger partial charge is 0.195 e. The van der Waals surface area contributed by atoms with E-state index in [1.54, 1.807) is 0 Å². The summed E-state index contributed by atoms with van der Waals surface area (Å²) in [5.74, 6) is 1.69. The highest BCUT2D eigenvalue weighted by Crippen LogP contribution is 2.66. The fourth-order valence-corrected chi connectivity index (χ4v) is 8.93. The molecule has 0 aromatic heterocycles. The van der Waals surface area contributed by atoms with E-state index in [0.29, 0.717) is 22.4 Å². The topological polar surface area (TPSA) is 53.4 Å². The predicted molar refractivity (Wildman–Crippen MR) is 194 cm³/mol. The van der Waals surface area contributed by atoms with E-state index in [4.69, 9.17) is 10.1 Å². The van der Waals surface area contributed by atoms with Gasteiger partial charge in [-0.1, -0.05) is 52.0 Å². The van der Waals surface area contributed by atoms with Gasteiger partial charge in [-0.15, -0.1) is 0 Å². The van der Waals surface area contributed by atoms with Gasteiger partial charge in [-0.25, -0.2) is 0 Å². The Morgan fingerprint density at radius 2 is 1.20 bits per heavy atom. The molecule has 1 aliphatic carbocycles. The zero-order valence-electron chi connectivity index (χ0n) is 24.5. The van der Waals surface area contributed by atoms with Crippen LogP contribution in [0.25, 0.3) is 16.8 Å². The number of carbonyl (C=O) groups is 1. The molecule has 0 amide bonds. The molecule has 3 aliphatic heterocycles. The molecule has 44 heavy (non-hydrogen) atoms. The van der Waals surface area contributed by atoms with Crippen LogP contribution in [0.15, 0.2) is 78.4 Å². The molecule has 0 unspecified atom stereocenters. The maximum atomic E-state index is 13.8. The van der Waals surface area contributed by atoms with Crippen LogP contribution >= 0.6 is 45.2 Å². The zero-order valence-corrected chi connectivity index (χ0v) is 28.8. The van der Waals surface area contributed by atoms with E-state index in [0.717, 1.165) is 46.4 Å². The highest BCUT2D eigenvalue weighted by Gasteiger charge is 2.49. The van der Waals surface area contributed by atoms with E-state index in [1.807, 2.05) is 42.5 Å². The van der Waals surface area contributed by atoms with Crippen molar-refractivity contribution in [3.63, 3.8) is 0 Å². The van der Waals surface area contributed by atoms with Crippen molar-refractivity contribution in [2.45, 2.75) is 38.5 Å². The van der Waals surface area contributed by atoms with Gasteiger partial charge < -0.3 is 9.64 Å². The van der Waals surface area contributed by atoms with Crippen LogP contribution in [0.4, 0.5) is 17.1 Å². The Hall–Kier alpha value is -3.50. The van der Waals surface area contributed by atoms with E-state index < -0.39 is 0 Å². The maximum absolute atomic E-state index is 13.8. The Kier molecular flexibility index (Phi) is 5.25. The van der Waals surface area contributed by atoms with Crippen LogP contribution in [0.5, 0.6) is 11.5 Å². The normalized spacial score (nSPS) is 18.4. The fourth-order valence-electron chi connectivity index (χ4n) is 7.74. The van der Waals surface area contributed by atoms with Crippen molar-refractivity contribution < 1.29 is 9.53 Å². The van der Waals surface area contributed by atoms with E-state index in [1.165, 1.54) is 27.9 Å². The molecule has 1 N–H and O–H groups in total. The van der Waals surface area contributed by atoms with Gasteiger partial charge in [-0.2, -0.15) is 0 Å². The lowest BCUT2D eigenvalue weighted by atomic mass is 9.65. The molecule has 3 heterocycles. The summed E-state index contributed by atoms with van der Waals surface area (Å²) in [7, 11) is 0. The van der Waals surface area contributed by atoms with E-state index in [-0.39, 0.29) is 16.6 Å². The van der Waals surface area contributed by atoms with Gasteiger partial charge in [0, 0.05) is 34.7 Å². The summed E-state index contributed by atoms with van der Waals surface area (Å²) < 4.78 is 8.94. The molecule has 5 aromatic carbocycles. The molecule has 214 valence electrons. The van der Waals surface area contributed by atoms with Crippen LogP contribution in [0.2, 0.25) is 0 Å². The molecule has 0 saturated carbocycles. The lowest BCUT2D eigenvalue weighted by molar-refractivity contribution is 0.104. The largest absolute Gasteiger partial charge is 0.453 e. The van der Waals surface area contributed by atoms with Crippen molar-refractivity contribution in [2.24, 2.45) is 0 Å². The van der Waals surface area contributed by atoms with Crippen molar-refractivity contribution in [3.05, 3.63) is 124 Å². The first kappa shape index (κ1) is 26.9. The highest BCUT2D eigenvalue weighted by molar-refractivity contribution is 14.1. The van der Waals surface area contributed by atoms with Crippen LogP contribution < -0.4 is 9.64 Å². The number of carbonyl (C=O) groups excluding carboxylic acids is 1. The van der Waals surface area contributed by atoms with Crippen LogP contribution in [-0.2, 0) is 10.8 Å². The van der Waals surface area contributed by atoms with Gasteiger partial charge in [0.2, 0.25) is 0 Å². The number of nitrogens with zero attached hydrogens (tertiary/aromatic N) is 1. The number of rotatable bonds is 1. The van der Waals surface area contributed by atoms with E-state index >= 15 is 0 Å². The molecular formula is C38H26I2N2O2. The molecule has 0 fully saturated rings. The summed E-state index contributed by atoms with van der Waals surface area (Å²) in [4.78, 5) is 16.3. The van der Waals surface area contributed by atoms with Crippen molar-refractivity contribution in [1.82, 2.24) is 0 Å². The third-order valence-corrected chi connectivity index (χ3v) is 11.3. The number of benzene rings is 5. The number of nitrogens with one attached hydrogen (secondary N) is 1. The standard InChI is InChI=1S/C38H26I2N2O2/c1-37(2)26-10-18(9-25-32(41)23-12-19-7-5-6-8-20(19)13-24(23)36(25)43)11-27-33(26)42-34-28(37)14-21(39)16-30(34)44-31-17-22(40)15-29(35(31)42)38(27,3)4/h5-17,41H,1-4H3/b25-9-,41-32?. The monoisotopic (exact) mass is 796 g/mol. The molecule has 0 bridgehead atoms. The maximum Gasteiger partial charge on any atom is 0.195 e. The summed E-state index contributed by atoms with van der Waals surface area (Å²) >= 11 is 4.78. The summed E-state index contributed by atoms with van der Waals surface area (Å²) in [6.45, 7) is 9.16. The first-order valence-electron chi connectivity index (χ1n) is 14.7. The lowest BCUT2D eigenvalue weighted by Gasteiger charge is -2.51. The third-order valence-electron chi connectivity index (χ3n) is 10.0. The predicted octanol–water partition coefficient (Wildman–Crippen LogP) is 10.6. The first-order chi connectivity index (χ1) is 20.9. The molecule has 0 saturated heterocycles. The fraction of sp³-hybridized carbons (Fsp3) is 0.158. The molecule has 6 heteroatoms. The van der Waals surface area contributed by atoms with Gasteiger partial charge in [0.15, 0.2) is 17.3 Å². The minimum absolute atomic E-state index is 0.0806. The number of hydrogen-bond donors (Lipinski definition) is 1. The minimum Gasteiger partial charge on any atom is -0.453 e. The SMILES string of the molecule is CC1(C)c2cc(I)cc3c2N2c4c(cc(I)cc4C(C)(C)c4cc(/C=C5/C(=N)c6cc7ccccc7cc6C5=O)cc1c42)O3. The van der Waals surface area contributed by atoms with Gasteiger partial charge in [0.25, 0.3) is 0 Å². The Morgan fingerprint density at radius 1 is 0.705 bits per heavy atom. The number of fused-ring (bicyclic) bond motifs is 2. The summed E-state index contributed by atoms with van der Waals surface area (Å²) in [6.07, 6.45) is 1.95. The Labute approximate surface area is 282 Å². The van der Waals surface area contributed by atoms with Gasteiger partial charge >= 0.3 is 0 Å². The highest BCUT2D eigenvalue weighted by atomic mass is 127. The number of ether oxygens (including phenoxy) is 1. The van der Waals surface area contributed by atoms with E-state index in [2.05, 4.69) is 114 Å². The van der Waals surface area contributed by atoms with Gasteiger partial charge in [0.1, 0.15) is 0 Å². The zero-order chi connectivity index (χ0) is 30.4. The number of anilines is 3. The molecule has 0 radical (unpaired) electrons. The second-order valence-corrected chi connectivity index (χ2v) is 15.8. The van der Waals surface area contributed by atoms with Crippen LogP contribution in [0, 0.1) is 12.5 Å². The summed E-state index contributed by atoms with van der Waals surface area (Å²) in [5, 5.41) is 11.1. The van der Waals surface area contributed by atoms with Crippen LogP contribution in [-0.4, -0.2) is 11.5 Å². The molecule has 9 rings (SSSR count). The van der Waals surface area contributed by atoms with Crippen molar-refractivity contribution >= 4 is 90.6 Å². The minimum atomic E-state index is -0.327. The first-order valence-corrected chi connectivity index (χ1v) is 16.8. The Balaban J connectivity index is 1.31. The van der Waals surface area contributed by atoms with Gasteiger partial charge in [-0.05, 0) is 138 Å². The molecule has 4 aliphatic rings. The summed E-state index contributed by atoms with van der Waals surface area (Å²) in [6, 6.07) is 25.3. The van der Waals surface area contributed by atoms with Gasteiger partial charge in [-0.3, -0.25) is 10.2 Å². The molecule has 5 aromatic rings. The van der Waals surface area contributed by atoms with Crippen molar-refractivity contribution in [2.75, 3.05) is 4.90 Å². The summed E-state index contributed by atoms with van der Waals surface area (Å²) in [5.41, 5.74) is 10.7. The number of allylic oxidation sites excluding steroid dienone is 1. The molecule has 0 spiro atoms. The number of Topliss-reactive ketones (excluding diaryl/α,β-unsaturated/α-hetero) is 1.